The first kappa shape index (κ1) is 9.96. The van der Waals surface area contributed by atoms with E-state index >= 15 is 0 Å². The molecule has 2 N–H and O–H groups in total. The maximum Gasteiger partial charge on any atom is 0.00131 e. The molecule has 1 heteroatoms. The molecule has 0 aromatic heterocycles. The van der Waals surface area contributed by atoms with E-state index in [1.807, 2.05) is 0 Å². The van der Waals surface area contributed by atoms with Crippen LogP contribution in [0.3, 0.4) is 0 Å². The zero-order valence-corrected chi connectivity index (χ0v) is 7.72. The van der Waals surface area contributed by atoms with E-state index in [0.717, 1.165) is 18.3 Å². The Balaban J connectivity index is 3.50. The van der Waals surface area contributed by atoms with Crippen LogP contribution in [0.2, 0.25) is 0 Å². The minimum atomic E-state index is 0.365. The van der Waals surface area contributed by atoms with E-state index < -0.39 is 0 Å². The van der Waals surface area contributed by atoms with Crippen LogP contribution in [0, 0.1) is 11.8 Å². The number of rotatable bonds is 4. The Hall–Kier alpha value is -0.0400. The van der Waals surface area contributed by atoms with Crippen molar-refractivity contribution in [2.45, 2.75) is 46.6 Å². The highest BCUT2D eigenvalue weighted by molar-refractivity contribution is 4.65. The molecule has 0 radical (unpaired) electrons. The van der Waals surface area contributed by atoms with Crippen LogP contribution in [0.4, 0.5) is 0 Å². The second-order valence-corrected chi connectivity index (χ2v) is 3.58. The molecule has 0 aromatic rings. The van der Waals surface area contributed by atoms with E-state index in [1.165, 1.54) is 6.42 Å². The van der Waals surface area contributed by atoms with E-state index in [9.17, 15) is 0 Å². The monoisotopic (exact) mass is 143 g/mol. The van der Waals surface area contributed by atoms with Gasteiger partial charge < -0.3 is 5.73 Å². The van der Waals surface area contributed by atoms with Crippen LogP contribution >= 0.6 is 0 Å². The Morgan fingerprint density at radius 2 is 1.60 bits per heavy atom. The molecule has 10 heavy (non-hydrogen) atoms. The molecular weight excluding hydrogens is 122 g/mol. The lowest BCUT2D eigenvalue weighted by molar-refractivity contribution is 0.336. The lowest BCUT2D eigenvalue weighted by atomic mass is 9.89. The average molecular weight is 143 g/mol. The molecule has 62 valence electrons. The van der Waals surface area contributed by atoms with E-state index in [1.54, 1.807) is 0 Å². The van der Waals surface area contributed by atoms with Crippen molar-refractivity contribution in [2.24, 2.45) is 17.6 Å². The summed E-state index contributed by atoms with van der Waals surface area (Å²) in [5.74, 6) is 1.61. The minimum Gasteiger partial charge on any atom is -0.328 e. The molecule has 0 saturated carbocycles. The highest BCUT2D eigenvalue weighted by Gasteiger charge is 2.11. The van der Waals surface area contributed by atoms with Crippen molar-refractivity contribution in [2.75, 3.05) is 0 Å². The maximum atomic E-state index is 5.69. The molecule has 0 aliphatic carbocycles. The number of hydrogen-bond donors (Lipinski definition) is 1. The van der Waals surface area contributed by atoms with Crippen molar-refractivity contribution in [3.63, 3.8) is 0 Å². The molecule has 3 atom stereocenters. The number of nitrogens with two attached hydrogens (primary N) is 1. The molecule has 0 amide bonds. The fourth-order valence-electron chi connectivity index (χ4n) is 1.22. The Morgan fingerprint density at radius 1 is 1.10 bits per heavy atom. The molecule has 1 unspecified atom stereocenters. The first-order valence-electron chi connectivity index (χ1n) is 4.33. The second-order valence-electron chi connectivity index (χ2n) is 3.58. The smallest absolute Gasteiger partial charge is 0.00131 e. The van der Waals surface area contributed by atoms with Crippen molar-refractivity contribution >= 4 is 0 Å². The van der Waals surface area contributed by atoms with Gasteiger partial charge in [0.15, 0.2) is 0 Å². The molecule has 0 saturated heterocycles. The first-order chi connectivity index (χ1) is 4.57. The SMILES string of the molecule is CC[C@H](C)C(C)C[C@H](C)N. The van der Waals surface area contributed by atoms with Gasteiger partial charge in [0.2, 0.25) is 0 Å². The van der Waals surface area contributed by atoms with Crippen LogP contribution < -0.4 is 5.73 Å². The van der Waals surface area contributed by atoms with Gasteiger partial charge in [0.25, 0.3) is 0 Å². The van der Waals surface area contributed by atoms with Gasteiger partial charge in [-0.3, -0.25) is 0 Å². The van der Waals surface area contributed by atoms with Crippen molar-refractivity contribution < 1.29 is 0 Å². The van der Waals surface area contributed by atoms with E-state index in [4.69, 9.17) is 5.73 Å². The summed E-state index contributed by atoms with van der Waals surface area (Å²) in [7, 11) is 0. The first-order valence-corrected chi connectivity index (χ1v) is 4.33. The molecule has 0 bridgehead atoms. The number of hydrogen-bond acceptors (Lipinski definition) is 1. The van der Waals surface area contributed by atoms with Crippen LogP contribution in [0.15, 0.2) is 0 Å². The topological polar surface area (TPSA) is 26.0 Å². The predicted octanol–water partition coefficient (Wildman–Crippen LogP) is 2.41. The highest BCUT2D eigenvalue weighted by Crippen LogP contribution is 2.18. The molecule has 1 nitrogen and oxygen atoms in total. The van der Waals surface area contributed by atoms with Gasteiger partial charge in [-0.25, -0.2) is 0 Å². The van der Waals surface area contributed by atoms with Crippen molar-refractivity contribution in [1.29, 1.82) is 0 Å². The van der Waals surface area contributed by atoms with Crippen LogP contribution in [-0.2, 0) is 0 Å². The summed E-state index contributed by atoms with van der Waals surface area (Å²) in [6, 6.07) is 0.365. The Labute approximate surface area is 65.0 Å². The molecule has 0 aliphatic heterocycles. The summed E-state index contributed by atoms with van der Waals surface area (Å²) in [4.78, 5) is 0. The van der Waals surface area contributed by atoms with Gasteiger partial charge in [0, 0.05) is 6.04 Å². The summed E-state index contributed by atoms with van der Waals surface area (Å²) in [6.07, 6.45) is 2.43. The maximum absolute atomic E-state index is 5.69. The quantitative estimate of drug-likeness (QED) is 0.642. The van der Waals surface area contributed by atoms with E-state index in [-0.39, 0.29) is 0 Å². The summed E-state index contributed by atoms with van der Waals surface area (Å²) >= 11 is 0. The summed E-state index contributed by atoms with van der Waals surface area (Å²) in [5, 5.41) is 0. The highest BCUT2D eigenvalue weighted by atomic mass is 14.6. The molecule has 0 heterocycles. The predicted molar refractivity (Wildman–Crippen MR) is 46.9 cm³/mol. The fourth-order valence-corrected chi connectivity index (χ4v) is 1.22. The fraction of sp³-hybridized carbons (Fsp3) is 1.00. The van der Waals surface area contributed by atoms with Crippen molar-refractivity contribution in [3.05, 3.63) is 0 Å². The zero-order valence-electron chi connectivity index (χ0n) is 7.72. The summed E-state index contributed by atoms with van der Waals surface area (Å²) < 4.78 is 0. The minimum absolute atomic E-state index is 0.365. The standard InChI is InChI=1S/C9H21N/c1-5-7(2)8(3)6-9(4)10/h7-9H,5-6,10H2,1-4H3/t7-,8?,9-/m0/s1. The van der Waals surface area contributed by atoms with Crippen LogP contribution in [-0.4, -0.2) is 6.04 Å². The normalized spacial score (nSPS) is 20.1. The Morgan fingerprint density at radius 3 is 1.90 bits per heavy atom. The van der Waals surface area contributed by atoms with E-state index in [0.29, 0.717) is 6.04 Å². The third-order valence-corrected chi connectivity index (χ3v) is 2.36. The molecule has 0 spiro atoms. The molecule has 0 rings (SSSR count). The van der Waals surface area contributed by atoms with Gasteiger partial charge in [-0.1, -0.05) is 27.2 Å². The molecule has 0 fully saturated rings. The van der Waals surface area contributed by atoms with Gasteiger partial charge in [-0.2, -0.15) is 0 Å². The van der Waals surface area contributed by atoms with Crippen LogP contribution in [0.25, 0.3) is 0 Å². The van der Waals surface area contributed by atoms with E-state index in [2.05, 4.69) is 27.7 Å². The van der Waals surface area contributed by atoms with Gasteiger partial charge in [-0.05, 0) is 25.2 Å². The average Bonchev–Trinajstić information content (AvgIpc) is 1.85. The lowest BCUT2D eigenvalue weighted by Gasteiger charge is -2.19. The second kappa shape index (κ2) is 4.73. The summed E-state index contributed by atoms with van der Waals surface area (Å²) in [5.41, 5.74) is 5.69. The zero-order chi connectivity index (χ0) is 8.15. The molecular formula is C9H21N. The van der Waals surface area contributed by atoms with Crippen LogP contribution in [0.1, 0.15) is 40.5 Å². The van der Waals surface area contributed by atoms with Gasteiger partial charge in [-0.15, -0.1) is 0 Å². The van der Waals surface area contributed by atoms with Gasteiger partial charge in [0.1, 0.15) is 0 Å². The Bertz CT molecular complexity index is 78.8. The van der Waals surface area contributed by atoms with Crippen molar-refractivity contribution in [1.82, 2.24) is 0 Å². The lowest BCUT2D eigenvalue weighted by Crippen LogP contribution is -2.21. The van der Waals surface area contributed by atoms with Crippen LogP contribution in [0.5, 0.6) is 0 Å². The molecule has 0 aromatic carbocycles. The third-order valence-electron chi connectivity index (χ3n) is 2.36. The largest absolute Gasteiger partial charge is 0.328 e. The van der Waals surface area contributed by atoms with Crippen molar-refractivity contribution in [3.8, 4) is 0 Å². The summed E-state index contributed by atoms with van der Waals surface area (Å²) in [6.45, 7) is 8.91. The van der Waals surface area contributed by atoms with Gasteiger partial charge in [0.05, 0.1) is 0 Å². The Kier molecular flexibility index (Phi) is 4.71. The third kappa shape index (κ3) is 3.89. The molecule has 0 aliphatic rings. The van der Waals surface area contributed by atoms with Gasteiger partial charge >= 0.3 is 0 Å².